The molecule has 0 aromatic heterocycles. The highest BCUT2D eigenvalue weighted by atomic mass is 32.2. The lowest BCUT2D eigenvalue weighted by Gasteiger charge is -2.25. The van der Waals surface area contributed by atoms with E-state index in [-0.39, 0.29) is 5.25 Å². The monoisotopic (exact) mass is 177 g/mol. The predicted molar refractivity (Wildman–Crippen MR) is 45.0 cm³/mol. The third-order valence-corrected chi connectivity index (χ3v) is 4.65. The van der Waals surface area contributed by atoms with E-state index in [2.05, 4.69) is 0 Å². The highest BCUT2D eigenvalue weighted by molar-refractivity contribution is 7.92. The van der Waals surface area contributed by atoms with Crippen LogP contribution >= 0.6 is 0 Å². The van der Waals surface area contributed by atoms with Crippen LogP contribution in [-0.4, -0.2) is 26.0 Å². The van der Waals surface area contributed by atoms with Crippen molar-refractivity contribution in [1.82, 2.24) is 0 Å². The summed E-state index contributed by atoms with van der Waals surface area (Å²) in [6.45, 7) is 2.40. The summed E-state index contributed by atoms with van der Waals surface area (Å²) in [4.78, 5) is 0. The second-order valence-electron chi connectivity index (χ2n) is 3.30. The number of sulfone groups is 1. The van der Waals surface area contributed by atoms with Gasteiger partial charge in [-0.05, 0) is 32.2 Å². The van der Waals surface area contributed by atoms with E-state index in [0.717, 1.165) is 12.8 Å². The number of rotatable bonds is 1. The van der Waals surface area contributed by atoms with Crippen LogP contribution in [0.3, 0.4) is 0 Å². The van der Waals surface area contributed by atoms with Crippen molar-refractivity contribution < 1.29 is 8.42 Å². The molecule has 0 aliphatic carbocycles. The third-order valence-electron chi connectivity index (χ3n) is 2.42. The smallest absolute Gasteiger partial charge is 0.152 e. The van der Waals surface area contributed by atoms with Crippen LogP contribution < -0.4 is 5.73 Å². The summed E-state index contributed by atoms with van der Waals surface area (Å²) in [7, 11) is -2.76. The van der Waals surface area contributed by atoms with Gasteiger partial charge in [-0.1, -0.05) is 0 Å². The molecule has 0 saturated carbocycles. The Hall–Kier alpha value is -0.0900. The number of nitrogens with two attached hydrogens (primary N) is 1. The summed E-state index contributed by atoms with van der Waals surface area (Å²) in [5.74, 6) is 0.754. The van der Waals surface area contributed by atoms with E-state index in [1.54, 1.807) is 6.92 Å². The molecule has 1 heterocycles. The Morgan fingerprint density at radius 2 is 2.18 bits per heavy atom. The topological polar surface area (TPSA) is 60.2 Å². The molecule has 11 heavy (non-hydrogen) atoms. The van der Waals surface area contributed by atoms with Crippen molar-refractivity contribution >= 4 is 9.84 Å². The van der Waals surface area contributed by atoms with Crippen molar-refractivity contribution in [3.8, 4) is 0 Å². The molecule has 3 nitrogen and oxygen atoms in total. The van der Waals surface area contributed by atoms with Crippen molar-refractivity contribution in [2.24, 2.45) is 11.7 Å². The van der Waals surface area contributed by atoms with E-state index in [1.807, 2.05) is 0 Å². The molecule has 1 rings (SSSR count). The van der Waals surface area contributed by atoms with Gasteiger partial charge in [-0.2, -0.15) is 0 Å². The first-order valence-corrected chi connectivity index (χ1v) is 5.69. The molecule has 0 amide bonds. The number of hydrogen-bond acceptors (Lipinski definition) is 3. The fraction of sp³-hybridized carbons (Fsp3) is 1.00. The molecule has 0 aromatic rings. The predicted octanol–water partition coefficient (Wildman–Crippen LogP) is 0.158. The van der Waals surface area contributed by atoms with Gasteiger partial charge in [0.2, 0.25) is 0 Å². The Kier molecular flexibility index (Phi) is 2.54. The lowest BCUT2D eigenvalue weighted by Crippen LogP contribution is -2.33. The van der Waals surface area contributed by atoms with Gasteiger partial charge >= 0.3 is 0 Å². The maximum Gasteiger partial charge on any atom is 0.152 e. The van der Waals surface area contributed by atoms with E-state index in [1.165, 1.54) is 0 Å². The van der Waals surface area contributed by atoms with Crippen molar-refractivity contribution in [2.45, 2.75) is 25.0 Å². The maximum atomic E-state index is 11.2. The van der Waals surface area contributed by atoms with Crippen LogP contribution in [0.1, 0.15) is 19.8 Å². The van der Waals surface area contributed by atoms with Crippen LogP contribution in [-0.2, 0) is 9.84 Å². The summed E-state index contributed by atoms with van der Waals surface area (Å²) in [6, 6.07) is 0. The van der Waals surface area contributed by atoms with E-state index >= 15 is 0 Å². The molecule has 1 fully saturated rings. The average Bonchev–Trinajstić information content (AvgIpc) is 1.95. The second kappa shape index (κ2) is 3.11. The molecular formula is C7H15NO2S. The standard InChI is InChI=1S/C7H15NO2S/c1-6-4-7(5-8)2-3-11(6,9)10/h6-7H,2-5,8H2,1H3/t6-,7+/m0/s1. The van der Waals surface area contributed by atoms with Crippen LogP contribution in [0.15, 0.2) is 0 Å². The molecule has 1 aliphatic rings. The van der Waals surface area contributed by atoms with Crippen molar-refractivity contribution in [1.29, 1.82) is 0 Å². The fourth-order valence-corrected chi connectivity index (χ4v) is 3.11. The van der Waals surface area contributed by atoms with Gasteiger partial charge in [0.1, 0.15) is 0 Å². The Bertz CT molecular complexity index is 223. The van der Waals surface area contributed by atoms with Crippen LogP contribution in [0, 0.1) is 5.92 Å². The SMILES string of the molecule is C[C@H]1C[C@H](CN)CCS1(=O)=O. The van der Waals surface area contributed by atoms with Crippen LogP contribution in [0.25, 0.3) is 0 Å². The molecule has 0 unspecified atom stereocenters. The zero-order valence-electron chi connectivity index (χ0n) is 6.79. The average molecular weight is 177 g/mol. The Balaban J connectivity index is 2.62. The Morgan fingerprint density at radius 1 is 1.55 bits per heavy atom. The molecule has 0 aromatic carbocycles. The van der Waals surface area contributed by atoms with Gasteiger partial charge in [-0.25, -0.2) is 8.42 Å². The summed E-state index contributed by atoms with van der Waals surface area (Å²) in [5, 5.41) is -0.176. The lowest BCUT2D eigenvalue weighted by molar-refractivity contribution is 0.441. The van der Waals surface area contributed by atoms with Gasteiger partial charge in [0.05, 0.1) is 11.0 Å². The van der Waals surface area contributed by atoms with Crippen molar-refractivity contribution in [3.63, 3.8) is 0 Å². The quantitative estimate of drug-likeness (QED) is 0.620. The Labute approximate surface area is 67.9 Å². The van der Waals surface area contributed by atoms with E-state index < -0.39 is 9.84 Å². The zero-order chi connectivity index (χ0) is 8.48. The lowest BCUT2D eigenvalue weighted by atomic mass is 10.0. The molecule has 4 heteroatoms. The second-order valence-corrected chi connectivity index (χ2v) is 5.84. The molecular weight excluding hydrogens is 162 g/mol. The van der Waals surface area contributed by atoms with Gasteiger partial charge in [-0.3, -0.25) is 0 Å². The first kappa shape index (κ1) is 9.00. The molecule has 1 aliphatic heterocycles. The van der Waals surface area contributed by atoms with E-state index in [0.29, 0.717) is 18.2 Å². The van der Waals surface area contributed by atoms with Crippen LogP contribution in [0.4, 0.5) is 0 Å². The van der Waals surface area contributed by atoms with E-state index in [4.69, 9.17) is 5.73 Å². The molecule has 66 valence electrons. The largest absolute Gasteiger partial charge is 0.330 e. The van der Waals surface area contributed by atoms with Crippen molar-refractivity contribution in [2.75, 3.05) is 12.3 Å². The molecule has 1 saturated heterocycles. The first-order chi connectivity index (χ1) is 5.06. The molecule has 0 bridgehead atoms. The normalized spacial score (nSPS) is 36.9. The van der Waals surface area contributed by atoms with Gasteiger partial charge in [0.25, 0.3) is 0 Å². The Morgan fingerprint density at radius 3 is 2.64 bits per heavy atom. The minimum atomic E-state index is -2.76. The van der Waals surface area contributed by atoms with E-state index in [9.17, 15) is 8.42 Å². The summed E-state index contributed by atoms with van der Waals surface area (Å²) in [6.07, 6.45) is 1.50. The fourth-order valence-electron chi connectivity index (χ4n) is 1.48. The highest BCUT2D eigenvalue weighted by Crippen LogP contribution is 2.23. The van der Waals surface area contributed by atoms with Crippen LogP contribution in [0.5, 0.6) is 0 Å². The minimum absolute atomic E-state index is 0.176. The summed E-state index contributed by atoms with van der Waals surface area (Å²) < 4.78 is 22.4. The van der Waals surface area contributed by atoms with Gasteiger partial charge in [0.15, 0.2) is 9.84 Å². The van der Waals surface area contributed by atoms with Crippen LogP contribution in [0.2, 0.25) is 0 Å². The summed E-state index contributed by atoms with van der Waals surface area (Å²) in [5.41, 5.74) is 5.46. The van der Waals surface area contributed by atoms with Gasteiger partial charge in [0, 0.05) is 0 Å². The zero-order valence-corrected chi connectivity index (χ0v) is 7.60. The molecule has 0 spiro atoms. The maximum absolute atomic E-state index is 11.2. The highest BCUT2D eigenvalue weighted by Gasteiger charge is 2.29. The van der Waals surface area contributed by atoms with Crippen molar-refractivity contribution in [3.05, 3.63) is 0 Å². The van der Waals surface area contributed by atoms with Gasteiger partial charge in [-0.15, -0.1) is 0 Å². The molecule has 2 N–H and O–H groups in total. The minimum Gasteiger partial charge on any atom is -0.330 e. The summed E-state index contributed by atoms with van der Waals surface area (Å²) >= 11 is 0. The third kappa shape index (κ3) is 1.93. The van der Waals surface area contributed by atoms with Gasteiger partial charge < -0.3 is 5.73 Å². The molecule has 0 radical (unpaired) electrons. The molecule has 2 atom stereocenters. The number of hydrogen-bond donors (Lipinski definition) is 1. The first-order valence-electron chi connectivity index (χ1n) is 3.98.